The van der Waals surface area contributed by atoms with Gasteiger partial charge in [0.2, 0.25) is 0 Å². The maximum absolute atomic E-state index is 6.28. The summed E-state index contributed by atoms with van der Waals surface area (Å²) < 4.78 is 1.19. The zero-order valence-electron chi connectivity index (χ0n) is 12.7. The van der Waals surface area contributed by atoms with Gasteiger partial charge in [-0.1, -0.05) is 6.92 Å². The van der Waals surface area contributed by atoms with Gasteiger partial charge in [0.15, 0.2) is 0 Å². The molecular formula is C15H26BrN3S. The van der Waals surface area contributed by atoms with E-state index in [1.807, 2.05) is 0 Å². The number of piperidine rings is 1. The fraction of sp³-hybridized carbons (Fsp3) is 0.733. The molecule has 2 N–H and O–H groups in total. The average molecular weight is 360 g/mol. The number of nitrogens with two attached hydrogens (primary N) is 1. The molecule has 2 heterocycles. The number of rotatable bonds is 5. The lowest BCUT2D eigenvalue weighted by molar-refractivity contribution is 0.0910. The normalized spacial score (nSPS) is 21.3. The molecule has 2 rings (SSSR count). The molecule has 0 aliphatic carbocycles. The minimum Gasteiger partial charge on any atom is -0.326 e. The van der Waals surface area contributed by atoms with E-state index in [1.54, 1.807) is 11.3 Å². The van der Waals surface area contributed by atoms with E-state index in [9.17, 15) is 0 Å². The molecule has 1 aliphatic heterocycles. The van der Waals surface area contributed by atoms with Crippen molar-refractivity contribution in [2.24, 2.45) is 5.73 Å². The molecule has 1 aromatic rings. The molecule has 3 nitrogen and oxygen atoms in total. The summed E-state index contributed by atoms with van der Waals surface area (Å²) in [6.45, 7) is 7.97. The van der Waals surface area contributed by atoms with Crippen LogP contribution in [0.5, 0.6) is 0 Å². The first-order valence-electron chi connectivity index (χ1n) is 7.48. The van der Waals surface area contributed by atoms with E-state index >= 15 is 0 Å². The predicted octanol–water partition coefficient (Wildman–Crippen LogP) is 3.32. The Morgan fingerprint density at radius 2 is 2.10 bits per heavy atom. The van der Waals surface area contributed by atoms with Crippen molar-refractivity contribution in [3.05, 3.63) is 20.8 Å². The summed E-state index contributed by atoms with van der Waals surface area (Å²) >= 11 is 5.37. The van der Waals surface area contributed by atoms with Crippen molar-refractivity contribution in [1.82, 2.24) is 9.80 Å². The molecule has 0 saturated carbocycles. The third-order valence-corrected chi connectivity index (χ3v) is 6.10. The summed E-state index contributed by atoms with van der Waals surface area (Å²) in [5.74, 6) is 0. The molecule has 2 unspecified atom stereocenters. The Morgan fingerprint density at radius 3 is 2.55 bits per heavy atom. The molecule has 20 heavy (non-hydrogen) atoms. The number of likely N-dealkylation sites (tertiary alicyclic amines) is 1. The second-order valence-corrected chi connectivity index (χ2v) is 8.27. The van der Waals surface area contributed by atoms with Gasteiger partial charge in [-0.2, -0.15) is 0 Å². The second-order valence-electron chi connectivity index (χ2n) is 5.78. The molecule has 1 aliphatic rings. The SMILES string of the molecule is CCN1CCC(N(C)C(c2ccc(Br)s2)C(C)N)CC1. The summed E-state index contributed by atoms with van der Waals surface area (Å²) in [5.41, 5.74) is 6.28. The first-order chi connectivity index (χ1) is 9.52. The Kier molecular flexibility index (Phi) is 6.05. The summed E-state index contributed by atoms with van der Waals surface area (Å²) in [4.78, 5) is 6.41. The highest BCUT2D eigenvalue weighted by Crippen LogP contribution is 2.34. The van der Waals surface area contributed by atoms with E-state index in [2.05, 4.69) is 58.8 Å². The minimum absolute atomic E-state index is 0.148. The fourth-order valence-corrected chi connectivity index (χ4v) is 4.88. The van der Waals surface area contributed by atoms with Crippen molar-refractivity contribution in [3.63, 3.8) is 0 Å². The summed E-state index contributed by atoms with van der Waals surface area (Å²) in [7, 11) is 2.24. The molecule has 0 bridgehead atoms. The molecule has 0 spiro atoms. The number of thiophene rings is 1. The molecule has 0 aromatic carbocycles. The molecule has 5 heteroatoms. The highest BCUT2D eigenvalue weighted by Gasteiger charge is 2.30. The molecular weight excluding hydrogens is 334 g/mol. The van der Waals surface area contributed by atoms with E-state index in [-0.39, 0.29) is 6.04 Å². The number of hydrogen-bond acceptors (Lipinski definition) is 4. The number of halogens is 1. The fourth-order valence-electron chi connectivity index (χ4n) is 3.19. The standard InChI is InChI=1S/C15H26BrN3S/c1-4-19-9-7-12(8-10-19)18(3)15(11(2)17)13-5-6-14(16)20-13/h5-6,11-12,15H,4,7-10,17H2,1-3H3. The maximum Gasteiger partial charge on any atom is 0.0702 e. The smallest absolute Gasteiger partial charge is 0.0702 e. The lowest BCUT2D eigenvalue weighted by Crippen LogP contribution is -2.47. The number of hydrogen-bond donors (Lipinski definition) is 1. The van der Waals surface area contributed by atoms with Gasteiger partial charge < -0.3 is 10.6 Å². The van der Waals surface area contributed by atoms with Gasteiger partial charge >= 0.3 is 0 Å². The van der Waals surface area contributed by atoms with Crippen LogP contribution in [0.2, 0.25) is 0 Å². The van der Waals surface area contributed by atoms with Gasteiger partial charge in [0.1, 0.15) is 0 Å². The van der Waals surface area contributed by atoms with Crippen molar-refractivity contribution in [1.29, 1.82) is 0 Å². The molecule has 1 fully saturated rings. The van der Waals surface area contributed by atoms with Gasteiger partial charge in [-0.15, -0.1) is 11.3 Å². The van der Waals surface area contributed by atoms with Crippen molar-refractivity contribution in [2.75, 3.05) is 26.7 Å². The highest BCUT2D eigenvalue weighted by molar-refractivity contribution is 9.11. The van der Waals surface area contributed by atoms with Gasteiger partial charge in [-0.3, -0.25) is 4.90 Å². The number of nitrogens with zero attached hydrogens (tertiary/aromatic N) is 2. The number of likely N-dealkylation sites (N-methyl/N-ethyl adjacent to an activating group) is 1. The van der Waals surface area contributed by atoms with E-state index < -0.39 is 0 Å². The average Bonchev–Trinajstić information content (AvgIpc) is 2.85. The summed E-state index contributed by atoms with van der Waals surface area (Å²) in [6.07, 6.45) is 2.50. The van der Waals surface area contributed by atoms with Crippen molar-refractivity contribution in [2.45, 2.75) is 44.8 Å². The van der Waals surface area contributed by atoms with Crippen LogP contribution in [0.3, 0.4) is 0 Å². The largest absolute Gasteiger partial charge is 0.326 e. The second kappa shape index (κ2) is 7.36. The summed E-state index contributed by atoms with van der Waals surface area (Å²) in [5, 5.41) is 0. The topological polar surface area (TPSA) is 32.5 Å². The highest BCUT2D eigenvalue weighted by atomic mass is 79.9. The Morgan fingerprint density at radius 1 is 1.45 bits per heavy atom. The quantitative estimate of drug-likeness (QED) is 0.874. The Balaban J connectivity index is 2.06. The lowest BCUT2D eigenvalue weighted by Gasteiger charge is -2.41. The molecule has 1 aromatic heterocycles. The minimum atomic E-state index is 0.148. The van der Waals surface area contributed by atoms with Crippen LogP contribution in [0.1, 0.15) is 37.6 Å². The van der Waals surface area contributed by atoms with Crippen molar-refractivity contribution >= 4 is 27.3 Å². The third kappa shape index (κ3) is 3.83. The molecule has 0 amide bonds. The van der Waals surface area contributed by atoms with Crippen LogP contribution in [-0.2, 0) is 0 Å². The van der Waals surface area contributed by atoms with Crippen LogP contribution in [0, 0.1) is 0 Å². The molecule has 114 valence electrons. The van der Waals surface area contributed by atoms with E-state index in [0.29, 0.717) is 12.1 Å². The predicted molar refractivity (Wildman–Crippen MR) is 91.3 cm³/mol. The zero-order chi connectivity index (χ0) is 14.7. The Bertz CT molecular complexity index is 413. The lowest BCUT2D eigenvalue weighted by atomic mass is 9.99. The van der Waals surface area contributed by atoms with Crippen molar-refractivity contribution in [3.8, 4) is 0 Å². The van der Waals surface area contributed by atoms with Gasteiger partial charge in [0.25, 0.3) is 0 Å². The van der Waals surface area contributed by atoms with Gasteiger partial charge in [-0.05, 0) is 74.5 Å². The van der Waals surface area contributed by atoms with E-state index in [0.717, 1.165) is 0 Å². The van der Waals surface area contributed by atoms with Crippen LogP contribution >= 0.6 is 27.3 Å². The summed E-state index contributed by atoms with van der Waals surface area (Å²) in [6, 6.07) is 5.46. The maximum atomic E-state index is 6.28. The van der Waals surface area contributed by atoms with Gasteiger partial charge in [0.05, 0.1) is 9.83 Å². The van der Waals surface area contributed by atoms with Crippen LogP contribution in [0.15, 0.2) is 15.9 Å². The van der Waals surface area contributed by atoms with E-state index in [4.69, 9.17) is 5.73 Å². The van der Waals surface area contributed by atoms with Crippen molar-refractivity contribution < 1.29 is 0 Å². The van der Waals surface area contributed by atoms with Crippen LogP contribution in [0.4, 0.5) is 0 Å². The third-order valence-electron chi connectivity index (χ3n) is 4.40. The van der Waals surface area contributed by atoms with Crippen LogP contribution in [-0.4, -0.2) is 48.6 Å². The molecule has 0 radical (unpaired) electrons. The van der Waals surface area contributed by atoms with E-state index in [1.165, 1.54) is 41.1 Å². The Labute approximate surface area is 135 Å². The monoisotopic (exact) mass is 359 g/mol. The van der Waals surface area contributed by atoms with Crippen LogP contribution in [0.25, 0.3) is 0 Å². The first kappa shape index (κ1) is 16.4. The van der Waals surface area contributed by atoms with Crippen LogP contribution < -0.4 is 5.73 Å². The first-order valence-corrected chi connectivity index (χ1v) is 9.09. The molecule has 1 saturated heterocycles. The van der Waals surface area contributed by atoms with Gasteiger partial charge in [0, 0.05) is 17.0 Å². The Hall–Kier alpha value is 0.0600. The molecule has 2 atom stereocenters. The zero-order valence-corrected chi connectivity index (χ0v) is 15.1. The van der Waals surface area contributed by atoms with Gasteiger partial charge in [-0.25, -0.2) is 0 Å².